The fourth-order valence-electron chi connectivity index (χ4n) is 4.69. The van der Waals surface area contributed by atoms with E-state index in [4.69, 9.17) is 26.8 Å². The molecule has 0 amide bonds. The van der Waals surface area contributed by atoms with E-state index in [1.807, 2.05) is 30.3 Å². The molecular weight excluding hydrogens is 441 g/mol. The lowest BCUT2D eigenvalue weighted by Crippen LogP contribution is -2.39. The first kappa shape index (κ1) is 21.9. The van der Waals surface area contributed by atoms with Crippen molar-refractivity contribution in [2.45, 2.75) is 31.3 Å². The Morgan fingerprint density at radius 1 is 1.15 bits per heavy atom. The van der Waals surface area contributed by atoms with Gasteiger partial charge in [-0.15, -0.1) is 0 Å². The van der Waals surface area contributed by atoms with Crippen molar-refractivity contribution in [2.75, 3.05) is 13.7 Å². The molecule has 0 aromatic heterocycles. The van der Waals surface area contributed by atoms with Crippen LogP contribution in [0.15, 0.2) is 54.6 Å². The van der Waals surface area contributed by atoms with Crippen molar-refractivity contribution < 1.29 is 18.7 Å². The number of methoxy groups -OCH3 is 1. The first-order valence-electron chi connectivity index (χ1n) is 11.1. The van der Waals surface area contributed by atoms with Gasteiger partial charge in [0.25, 0.3) is 0 Å². The number of fused-ring (bicyclic) bond motifs is 1. The highest BCUT2D eigenvalue weighted by Crippen LogP contribution is 2.50. The zero-order valence-electron chi connectivity index (χ0n) is 18.4. The van der Waals surface area contributed by atoms with E-state index in [0.29, 0.717) is 40.7 Å². The van der Waals surface area contributed by atoms with Crippen LogP contribution in [-0.2, 0) is 12.0 Å². The summed E-state index contributed by atoms with van der Waals surface area (Å²) in [7, 11) is 1.41. The number of rotatable bonds is 7. The number of carbonyl (C=O) groups excluding carboxylic acids is 1. The highest BCUT2D eigenvalue weighted by molar-refractivity contribution is 6.34. The van der Waals surface area contributed by atoms with Gasteiger partial charge in [0.15, 0.2) is 23.0 Å². The van der Waals surface area contributed by atoms with Gasteiger partial charge in [0.1, 0.15) is 5.75 Å². The first-order chi connectivity index (χ1) is 16.0. The van der Waals surface area contributed by atoms with Crippen LogP contribution in [0.4, 0.5) is 4.39 Å². The lowest BCUT2D eigenvalue weighted by atomic mass is 9.85. The van der Waals surface area contributed by atoms with Crippen LogP contribution in [0.2, 0.25) is 5.02 Å². The van der Waals surface area contributed by atoms with Crippen LogP contribution in [0.1, 0.15) is 40.7 Å². The number of hydrogen-bond acceptors (Lipinski definition) is 4. The molecule has 33 heavy (non-hydrogen) atoms. The van der Waals surface area contributed by atoms with Crippen LogP contribution in [0, 0.1) is 11.7 Å². The van der Waals surface area contributed by atoms with E-state index in [1.165, 1.54) is 13.2 Å². The van der Waals surface area contributed by atoms with Crippen molar-refractivity contribution in [2.24, 2.45) is 11.7 Å². The van der Waals surface area contributed by atoms with E-state index >= 15 is 4.39 Å². The second-order valence-electron chi connectivity index (χ2n) is 8.82. The number of hydrogen-bond donors (Lipinski definition) is 1. The van der Waals surface area contributed by atoms with Gasteiger partial charge in [-0.1, -0.05) is 41.9 Å². The topological polar surface area (TPSA) is 61.5 Å². The normalized spacial score (nSPS) is 19.2. The number of benzene rings is 3. The minimum Gasteiger partial charge on any atom is -0.494 e. The van der Waals surface area contributed by atoms with Gasteiger partial charge in [0.2, 0.25) is 0 Å². The number of nitrogens with two attached hydrogens (primary N) is 1. The second-order valence-corrected chi connectivity index (χ2v) is 9.22. The molecule has 1 fully saturated rings. The standard InChI is InChI=1S/C27H25ClFNO3/c1-32-23-11-9-18(21(31)13-16-7-8-16)25(26(23)29)24-19-14-27(15-30,17-5-3-2-4-6-17)33-22(19)12-10-20(24)28/h2-6,9-12,16H,7-8,13-15,30H2,1H3/t27-/m1/s1. The number of carbonyl (C=O) groups is 1. The summed E-state index contributed by atoms with van der Waals surface area (Å²) in [5.74, 6) is 0.341. The zero-order valence-corrected chi connectivity index (χ0v) is 19.1. The Labute approximate surface area is 197 Å². The third-order valence-corrected chi connectivity index (χ3v) is 6.98. The predicted octanol–water partition coefficient (Wildman–Crippen LogP) is 5.93. The molecule has 2 N–H and O–H groups in total. The average molecular weight is 466 g/mol. The fourth-order valence-corrected chi connectivity index (χ4v) is 4.97. The van der Waals surface area contributed by atoms with Gasteiger partial charge in [-0.05, 0) is 48.6 Å². The fraction of sp³-hybridized carbons (Fsp3) is 0.296. The molecule has 3 aromatic rings. The summed E-state index contributed by atoms with van der Waals surface area (Å²) in [6.45, 7) is 0.233. The van der Waals surface area contributed by atoms with Crippen LogP contribution in [0.25, 0.3) is 11.1 Å². The quantitative estimate of drug-likeness (QED) is 0.439. The summed E-state index contributed by atoms with van der Waals surface area (Å²) in [5, 5.41) is 0.353. The maximum atomic E-state index is 15.8. The molecule has 2 aliphatic rings. The smallest absolute Gasteiger partial charge is 0.173 e. The first-order valence-corrected chi connectivity index (χ1v) is 11.5. The van der Waals surface area contributed by atoms with Crippen molar-refractivity contribution >= 4 is 17.4 Å². The van der Waals surface area contributed by atoms with E-state index in [0.717, 1.165) is 24.0 Å². The molecular formula is C27H25ClFNO3. The molecule has 1 saturated carbocycles. The largest absolute Gasteiger partial charge is 0.494 e. The molecule has 170 valence electrons. The zero-order chi connectivity index (χ0) is 23.2. The Morgan fingerprint density at radius 2 is 1.91 bits per heavy atom. The Balaban J connectivity index is 1.69. The summed E-state index contributed by atoms with van der Waals surface area (Å²) in [4.78, 5) is 13.2. The molecule has 0 saturated heterocycles. The van der Waals surface area contributed by atoms with Crippen molar-refractivity contribution in [3.8, 4) is 22.6 Å². The van der Waals surface area contributed by atoms with Crippen LogP contribution >= 0.6 is 11.6 Å². The molecule has 1 aliphatic heterocycles. The van der Waals surface area contributed by atoms with E-state index < -0.39 is 11.4 Å². The maximum Gasteiger partial charge on any atom is 0.173 e. The van der Waals surface area contributed by atoms with Crippen LogP contribution < -0.4 is 15.2 Å². The molecule has 0 bridgehead atoms. The third-order valence-electron chi connectivity index (χ3n) is 6.66. The van der Waals surface area contributed by atoms with Gasteiger partial charge >= 0.3 is 0 Å². The van der Waals surface area contributed by atoms with Crippen LogP contribution in [-0.4, -0.2) is 19.4 Å². The third kappa shape index (κ3) is 3.79. The van der Waals surface area contributed by atoms with Gasteiger partial charge in [0, 0.05) is 46.7 Å². The van der Waals surface area contributed by atoms with E-state index in [9.17, 15) is 4.79 Å². The van der Waals surface area contributed by atoms with E-state index in [1.54, 1.807) is 18.2 Å². The second kappa shape index (κ2) is 8.47. The summed E-state index contributed by atoms with van der Waals surface area (Å²) in [5.41, 5.74) is 8.05. The Bertz CT molecular complexity index is 1230. The SMILES string of the molecule is COc1ccc(C(=O)CC2CC2)c(-c2c(Cl)ccc3c2C[C@@](CN)(c2ccccc2)O3)c1F. The average Bonchev–Trinajstić information content (AvgIpc) is 3.56. The Morgan fingerprint density at radius 3 is 2.58 bits per heavy atom. The van der Waals surface area contributed by atoms with Crippen LogP contribution in [0.5, 0.6) is 11.5 Å². The van der Waals surface area contributed by atoms with Crippen LogP contribution in [0.3, 0.4) is 0 Å². The Kier molecular flexibility index (Phi) is 5.63. The van der Waals surface area contributed by atoms with Gasteiger partial charge < -0.3 is 15.2 Å². The highest BCUT2D eigenvalue weighted by Gasteiger charge is 2.42. The molecule has 3 aromatic carbocycles. The number of ketones is 1. The molecule has 1 aliphatic carbocycles. The molecule has 6 heteroatoms. The van der Waals surface area contributed by atoms with Crippen molar-refractivity contribution in [3.63, 3.8) is 0 Å². The van der Waals surface area contributed by atoms with E-state index in [-0.39, 0.29) is 23.6 Å². The predicted molar refractivity (Wildman–Crippen MR) is 127 cm³/mol. The molecule has 1 atom stereocenters. The molecule has 0 radical (unpaired) electrons. The summed E-state index contributed by atoms with van der Waals surface area (Å²) in [6.07, 6.45) is 2.88. The number of halogens is 2. The molecule has 4 nitrogen and oxygen atoms in total. The van der Waals surface area contributed by atoms with Crippen molar-refractivity contribution in [1.29, 1.82) is 0 Å². The van der Waals surface area contributed by atoms with Gasteiger partial charge in [-0.25, -0.2) is 4.39 Å². The van der Waals surface area contributed by atoms with Crippen molar-refractivity contribution in [3.05, 3.63) is 82.1 Å². The van der Waals surface area contributed by atoms with Gasteiger partial charge in [0.05, 0.1) is 7.11 Å². The molecule has 0 unspecified atom stereocenters. The molecule has 5 rings (SSSR count). The maximum absolute atomic E-state index is 15.8. The monoisotopic (exact) mass is 465 g/mol. The van der Waals surface area contributed by atoms with Gasteiger partial charge in [-0.3, -0.25) is 4.79 Å². The minimum absolute atomic E-state index is 0.0636. The lowest BCUT2D eigenvalue weighted by Gasteiger charge is -2.27. The van der Waals surface area contributed by atoms with E-state index in [2.05, 4.69) is 0 Å². The molecule has 0 spiro atoms. The van der Waals surface area contributed by atoms with Crippen molar-refractivity contribution in [1.82, 2.24) is 0 Å². The summed E-state index contributed by atoms with van der Waals surface area (Å²) in [6, 6.07) is 16.3. The lowest BCUT2D eigenvalue weighted by molar-refractivity contribution is 0.0976. The minimum atomic E-state index is -0.795. The number of Topliss-reactive ketones (excluding diaryl/α,β-unsaturated/α-hetero) is 1. The summed E-state index contributed by atoms with van der Waals surface area (Å²) >= 11 is 6.68. The summed E-state index contributed by atoms with van der Waals surface area (Å²) < 4.78 is 27.4. The highest BCUT2D eigenvalue weighted by atomic mass is 35.5. The van der Waals surface area contributed by atoms with Gasteiger partial charge in [-0.2, -0.15) is 0 Å². The number of ether oxygens (including phenoxy) is 2. The Hall–Kier alpha value is -2.89. The molecule has 1 heterocycles.